The SMILES string of the molecule is CN(Cc1ccsc1)c1cccc(Cl)c1/C=C/C(=O)O. The van der Waals surface area contributed by atoms with Crippen molar-refractivity contribution in [2.24, 2.45) is 0 Å². The molecule has 2 aromatic rings. The molecule has 0 aliphatic carbocycles. The quantitative estimate of drug-likeness (QED) is 0.844. The summed E-state index contributed by atoms with van der Waals surface area (Å²) in [4.78, 5) is 12.7. The monoisotopic (exact) mass is 307 g/mol. The predicted octanol–water partition coefficient (Wildman–Crippen LogP) is 4.14. The van der Waals surface area contributed by atoms with Crippen molar-refractivity contribution in [2.45, 2.75) is 6.54 Å². The molecule has 0 aliphatic heterocycles. The minimum atomic E-state index is -0.989. The Morgan fingerprint density at radius 2 is 2.25 bits per heavy atom. The molecule has 5 heteroatoms. The van der Waals surface area contributed by atoms with Gasteiger partial charge in [0.05, 0.1) is 0 Å². The summed E-state index contributed by atoms with van der Waals surface area (Å²) in [5, 5.41) is 13.4. The molecule has 1 heterocycles. The number of rotatable bonds is 5. The van der Waals surface area contributed by atoms with E-state index in [1.165, 1.54) is 11.6 Å². The molecule has 0 atom stereocenters. The second-order valence-electron chi connectivity index (χ2n) is 4.33. The lowest BCUT2D eigenvalue weighted by atomic mass is 10.1. The highest BCUT2D eigenvalue weighted by Crippen LogP contribution is 2.29. The summed E-state index contributed by atoms with van der Waals surface area (Å²) in [6.07, 6.45) is 2.63. The van der Waals surface area contributed by atoms with E-state index >= 15 is 0 Å². The van der Waals surface area contributed by atoms with Gasteiger partial charge in [0.1, 0.15) is 0 Å². The Morgan fingerprint density at radius 1 is 1.45 bits per heavy atom. The molecule has 0 aliphatic rings. The van der Waals surface area contributed by atoms with Crippen LogP contribution in [0.3, 0.4) is 0 Å². The van der Waals surface area contributed by atoms with E-state index < -0.39 is 5.97 Å². The zero-order chi connectivity index (χ0) is 14.5. The number of aliphatic carboxylic acids is 1. The third-order valence-electron chi connectivity index (χ3n) is 2.83. The van der Waals surface area contributed by atoms with Crippen LogP contribution in [0.2, 0.25) is 5.02 Å². The van der Waals surface area contributed by atoms with Crippen molar-refractivity contribution >= 4 is 40.7 Å². The number of thiophene rings is 1. The van der Waals surface area contributed by atoms with Crippen molar-refractivity contribution in [3.05, 3.63) is 57.3 Å². The number of anilines is 1. The summed E-state index contributed by atoms with van der Waals surface area (Å²) in [6.45, 7) is 0.748. The minimum absolute atomic E-state index is 0.539. The van der Waals surface area contributed by atoms with Crippen LogP contribution in [0.25, 0.3) is 6.08 Å². The molecule has 0 saturated carbocycles. The molecule has 1 aromatic heterocycles. The second-order valence-corrected chi connectivity index (χ2v) is 5.52. The zero-order valence-electron chi connectivity index (χ0n) is 10.9. The number of carboxylic acids is 1. The Bertz CT molecular complexity index is 623. The molecule has 0 radical (unpaired) electrons. The van der Waals surface area contributed by atoms with Gasteiger partial charge in [0.15, 0.2) is 0 Å². The Balaban J connectivity index is 2.30. The summed E-state index contributed by atoms with van der Waals surface area (Å²) < 4.78 is 0. The van der Waals surface area contributed by atoms with E-state index in [-0.39, 0.29) is 0 Å². The molecule has 0 saturated heterocycles. The van der Waals surface area contributed by atoms with Gasteiger partial charge in [-0.2, -0.15) is 11.3 Å². The average molecular weight is 308 g/mol. The van der Waals surface area contributed by atoms with Gasteiger partial charge in [-0.25, -0.2) is 4.79 Å². The largest absolute Gasteiger partial charge is 0.478 e. The number of halogens is 1. The van der Waals surface area contributed by atoms with E-state index in [9.17, 15) is 4.79 Å². The maximum Gasteiger partial charge on any atom is 0.328 e. The lowest BCUT2D eigenvalue weighted by molar-refractivity contribution is -0.131. The maximum atomic E-state index is 10.7. The van der Waals surface area contributed by atoms with Gasteiger partial charge in [-0.1, -0.05) is 17.7 Å². The van der Waals surface area contributed by atoms with E-state index in [1.54, 1.807) is 17.4 Å². The fourth-order valence-electron chi connectivity index (χ4n) is 1.92. The minimum Gasteiger partial charge on any atom is -0.478 e. The van der Waals surface area contributed by atoms with Gasteiger partial charge >= 0.3 is 5.97 Å². The Labute approximate surface area is 126 Å². The number of carboxylic acid groups (broad SMARTS) is 1. The number of carbonyl (C=O) groups is 1. The lowest BCUT2D eigenvalue weighted by Gasteiger charge is -2.21. The van der Waals surface area contributed by atoms with E-state index in [0.717, 1.165) is 18.3 Å². The van der Waals surface area contributed by atoms with Crippen LogP contribution in [0.5, 0.6) is 0 Å². The van der Waals surface area contributed by atoms with Crippen LogP contribution in [0, 0.1) is 0 Å². The van der Waals surface area contributed by atoms with Gasteiger partial charge in [-0.05, 0) is 40.6 Å². The summed E-state index contributed by atoms with van der Waals surface area (Å²) in [5.41, 5.74) is 2.83. The first-order chi connectivity index (χ1) is 9.58. The maximum absolute atomic E-state index is 10.7. The molecular formula is C15H14ClNO2S. The van der Waals surface area contributed by atoms with Crippen LogP contribution in [0.1, 0.15) is 11.1 Å². The zero-order valence-corrected chi connectivity index (χ0v) is 12.5. The lowest BCUT2D eigenvalue weighted by Crippen LogP contribution is -2.17. The summed E-state index contributed by atoms with van der Waals surface area (Å²) in [5.74, 6) is -0.989. The molecule has 1 N–H and O–H groups in total. The van der Waals surface area contributed by atoms with Crippen molar-refractivity contribution in [1.29, 1.82) is 0 Å². The summed E-state index contributed by atoms with van der Waals surface area (Å²) >= 11 is 7.82. The van der Waals surface area contributed by atoms with Crippen LogP contribution in [0.4, 0.5) is 5.69 Å². The molecule has 3 nitrogen and oxygen atoms in total. The second kappa shape index (κ2) is 6.59. The topological polar surface area (TPSA) is 40.5 Å². The molecule has 0 amide bonds. The van der Waals surface area contributed by atoms with Crippen LogP contribution in [0.15, 0.2) is 41.1 Å². The van der Waals surface area contributed by atoms with Crippen molar-refractivity contribution in [1.82, 2.24) is 0 Å². The summed E-state index contributed by atoms with van der Waals surface area (Å²) in [6, 6.07) is 7.61. The first kappa shape index (κ1) is 14.6. The van der Waals surface area contributed by atoms with Gasteiger partial charge in [0, 0.05) is 35.9 Å². The van der Waals surface area contributed by atoms with Crippen molar-refractivity contribution in [2.75, 3.05) is 11.9 Å². The molecule has 104 valence electrons. The van der Waals surface area contributed by atoms with Crippen LogP contribution >= 0.6 is 22.9 Å². The molecule has 1 aromatic carbocycles. The molecule has 0 spiro atoms. The highest BCUT2D eigenvalue weighted by molar-refractivity contribution is 7.07. The number of hydrogen-bond acceptors (Lipinski definition) is 3. The molecule has 0 fully saturated rings. The van der Waals surface area contributed by atoms with Crippen molar-refractivity contribution in [3.8, 4) is 0 Å². The van der Waals surface area contributed by atoms with E-state index in [0.29, 0.717) is 10.6 Å². The molecular weight excluding hydrogens is 294 g/mol. The number of nitrogens with zero attached hydrogens (tertiary/aromatic N) is 1. The Kier molecular flexibility index (Phi) is 4.82. The van der Waals surface area contributed by atoms with Crippen LogP contribution in [-0.4, -0.2) is 18.1 Å². The molecule has 2 rings (SSSR count). The van der Waals surface area contributed by atoms with Crippen LogP contribution < -0.4 is 4.90 Å². The number of hydrogen-bond donors (Lipinski definition) is 1. The fourth-order valence-corrected chi connectivity index (χ4v) is 2.81. The fraction of sp³-hybridized carbons (Fsp3) is 0.133. The first-order valence-corrected chi connectivity index (χ1v) is 7.31. The third-order valence-corrected chi connectivity index (χ3v) is 3.90. The van der Waals surface area contributed by atoms with Gasteiger partial charge in [-0.3, -0.25) is 0 Å². The van der Waals surface area contributed by atoms with Crippen molar-refractivity contribution < 1.29 is 9.90 Å². The van der Waals surface area contributed by atoms with Gasteiger partial charge < -0.3 is 10.0 Å². The molecule has 20 heavy (non-hydrogen) atoms. The molecule has 0 bridgehead atoms. The first-order valence-electron chi connectivity index (χ1n) is 5.99. The van der Waals surface area contributed by atoms with E-state index in [1.807, 2.05) is 24.6 Å². The standard InChI is InChI=1S/C15H14ClNO2S/c1-17(9-11-7-8-20-10-11)14-4-2-3-13(16)12(14)5-6-15(18)19/h2-8,10H,9H2,1H3,(H,18,19)/b6-5+. The normalized spacial score (nSPS) is 10.9. The van der Waals surface area contributed by atoms with Crippen LogP contribution in [-0.2, 0) is 11.3 Å². The van der Waals surface area contributed by atoms with Crippen molar-refractivity contribution in [3.63, 3.8) is 0 Å². The predicted molar refractivity (Wildman–Crippen MR) is 84.5 cm³/mol. The van der Waals surface area contributed by atoms with E-state index in [4.69, 9.17) is 16.7 Å². The average Bonchev–Trinajstić information content (AvgIpc) is 2.89. The highest BCUT2D eigenvalue weighted by atomic mass is 35.5. The summed E-state index contributed by atoms with van der Waals surface area (Å²) in [7, 11) is 1.96. The van der Waals surface area contributed by atoms with Gasteiger partial charge in [0.25, 0.3) is 0 Å². The highest BCUT2D eigenvalue weighted by Gasteiger charge is 2.09. The smallest absolute Gasteiger partial charge is 0.328 e. The number of benzene rings is 1. The Hall–Kier alpha value is -1.78. The van der Waals surface area contributed by atoms with E-state index in [2.05, 4.69) is 16.3 Å². The van der Waals surface area contributed by atoms with Gasteiger partial charge in [-0.15, -0.1) is 0 Å². The molecule has 0 unspecified atom stereocenters. The third kappa shape index (κ3) is 3.62. The Morgan fingerprint density at radius 3 is 2.90 bits per heavy atom. The van der Waals surface area contributed by atoms with Gasteiger partial charge in [0.2, 0.25) is 0 Å².